The zero-order valence-corrected chi connectivity index (χ0v) is 11.4. The minimum atomic E-state index is -3.09. The Morgan fingerprint density at radius 3 is 2.57 bits per heavy atom. The van der Waals surface area contributed by atoms with Crippen molar-refractivity contribution >= 4 is 30.9 Å². The molecule has 1 rings (SSSR count). The van der Waals surface area contributed by atoms with Crippen molar-refractivity contribution in [2.45, 2.75) is 22.7 Å². The van der Waals surface area contributed by atoms with Crippen LogP contribution in [0.2, 0.25) is 8.87 Å². The Bertz CT molecular complexity index is 253. The zero-order valence-electron chi connectivity index (χ0n) is 8.58. The van der Waals surface area contributed by atoms with Crippen molar-refractivity contribution in [3.63, 3.8) is 0 Å². The molecule has 14 heavy (non-hydrogen) atoms. The molecule has 1 fully saturated rings. The summed E-state index contributed by atoms with van der Waals surface area (Å²) < 4.78 is 8.67. The van der Waals surface area contributed by atoms with Crippen molar-refractivity contribution in [2.24, 2.45) is 5.73 Å². The summed E-state index contributed by atoms with van der Waals surface area (Å²) >= 11 is -3.09. The van der Waals surface area contributed by atoms with Gasteiger partial charge in [0.15, 0.2) is 0 Å². The molecular weight excluding hydrogens is 291 g/mol. The molecule has 0 radical (unpaired) electrons. The van der Waals surface area contributed by atoms with Gasteiger partial charge < -0.3 is 0 Å². The number of nitrogens with two attached hydrogens (primary N) is 1. The molecule has 1 aliphatic heterocycles. The summed E-state index contributed by atoms with van der Waals surface area (Å²) in [5, 5.41) is 0. The second-order valence-corrected chi connectivity index (χ2v) is 14.9. The molecule has 6 heteroatoms. The van der Waals surface area contributed by atoms with E-state index in [-0.39, 0.29) is 25.0 Å². The summed E-state index contributed by atoms with van der Waals surface area (Å²) in [5.74, 6) is -0.401. The molecule has 0 bridgehead atoms. The maximum absolute atomic E-state index is 11.5. The van der Waals surface area contributed by atoms with E-state index in [9.17, 15) is 9.59 Å². The number of carbonyl (C=O) groups excluding carboxylic acids is 2. The summed E-state index contributed by atoms with van der Waals surface area (Å²) in [6.45, 7) is 4.05. The quantitative estimate of drug-likeness (QED) is 0.734. The van der Waals surface area contributed by atoms with E-state index in [0.29, 0.717) is 0 Å². The third-order valence-electron chi connectivity index (χ3n) is 2.66. The van der Waals surface area contributed by atoms with Crippen LogP contribution in [0.3, 0.4) is 0 Å². The van der Waals surface area contributed by atoms with Crippen LogP contribution in [-0.4, -0.2) is 47.2 Å². The zero-order chi connectivity index (χ0) is 10.8. The third kappa shape index (κ3) is 1.88. The van der Waals surface area contributed by atoms with Crippen molar-refractivity contribution in [1.82, 2.24) is 3.12 Å². The average Bonchev–Trinajstić information content (AvgIpc) is 2.55. The van der Waals surface area contributed by atoms with Crippen LogP contribution in [0.5, 0.6) is 0 Å². The van der Waals surface area contributed by atoms with Gasteiger partial charge in [-0.2, -0.15) is 0 Å². The van der Waals surface area contributed by atoms with E-state index < -0.39 is 19.1 Å². The Morgan fingerprint density at radius 1 is 1.57 bits per heavy atom. The van der Waals surface area contributed by atoms with E-state index in [1.54, 1.807) is 3.12 Å². The molecule has 0 aromatic heterocycles. The Kier molecular flexibility index (Phi) is 3.77. The molecule has 1 aliphatic rings. The molecule has 1 saturated heterocycles. The van der Waals surface area contributed by atoms with Gasteiger partial charge in [-0.05, 0) is 0 Å². The molecule has 2 N–H and O–H groups in total. The molecule has 1 heterocycles. The summed E-state index contributed by atoms with van der Waals surface area (Å²) in [4.78, 5) is 22.7. The molecule has 0 aromatic carbocycles. The van der Waals surface area contributed by atoms with Gasteiger partial charge in [0.1, 0.15) is 0 Å². The van der Waals surface area contributed by atoms with Gasteiger partial charge >= 0.3 is 88.3 Å². The topological polar surface area (TPSA) is 72.6 Å². The summed E-state index contributed by atoms with van der Waals surface area (Å²) in [6, 6.07) is 0. The summed E-state index contributed by atoms with van der Waals surface area (Å²) in [7, 11) is 0. The Morgan fingerprint density at radius 2 is 2.14 bits per heavy atom. The first-order chi connectivity index (χ1) is 6.59. The Balaban J connectivity index is 2.91. The van der Waals surface area contributed by atoms with Crippen molar-refractivity contribution in [3.8, 4) is 0 Å². The van der Waals surface area contributed by atoms with Gasteiger partial charge in [0.05, 0.1) is 0 Å². The number of hydrogen-bond acceptors (Lipinski definition) is 4. The van der Waals surface area contributed by atoms with E-state index in [0.717, 1.165) is 8.87 Å². The monoisotopic (exact) mass is 308 g/mol. The number of nitrogens with zero attached hydrogens (tertiary/aromatic N) is 1. The van der Waals surface area contributed by atoms with Crippen LogP contribution in [0, 0.1) is 0 Å². The minimum absolute atomic E-state index is 0.0324. The van der Waals surface area contributed by atoms with Crippen molar-refractivity contribution in [1.29, 1.82) is 0 Å². The summed E-state index contributed by atoms with van der Waals surface area (Å²) in [6.07, 6.45) is 0. The third-order valence-corrected chi connectivity index (χ3v) is 14.7. The SMILES string of the molecule is C[CH2][Sn]1([CH2]C)[O]C(=O)C[N]1C(=O)CN. The predicted molar refractivity (Wildman–Crippen MR) is 53.6 cm³/mol. The first kappa shape index (κ1) is 11.8. The van der Waals surface area contributed by atoms with Crippen LogP contribution in [0.25, 0.3) is 0 Å². The fraction of sp³-hybridized carbons (Fsp3) is 0.750. The predicted octanol–water partition coefficient (Wildman–Crippen LogP) is -0.187. The van der Waals surface area contributed by atoms with Crippen LogP contribution < -0.4 is 5.73 Å². The van der Waals surface area contributed by atoms with Crippen LogP contribution in [0.15, 0.2) is 0 Å². The van der Waals surface area contributed by atoms with E-state index in [1.165, 1.54) is 0 Å². The fourth-order valence-electron chi connectivity index (χ4n) is 1.77. The van der Waals surface area contributed by atoms with E-state index >= 15 is 0 Å². The second-order valence-electron chi connectivity index (χ2n) is 3.31. The molecule has 0 unspecified atom stereocenters. The molecule has 0 aliphatic carbocycles. The van der Waals surface area contributed by atoms with Crippen LogP contribution >= 0.6 is 0 Å². The summed E-state index contributed by atoms with van der Waals surface area (Å²) in [5.41, 5.74) is 5.30. The average molecular weight is 307 g/mol. The van der Waals surface area contributed by atoms with E-state index in [4.69, 9.17) is 8.81 Å². The number of rotatable bonds is 3. The van der Waals surface area contributed by atoms with Crippen molar-refractivity contribution < 1.29 is 12.7 Å². The molecule has 80 valence electrons. The van der Waals surface area contributed by atoms with Crippen molar-refractivity contribution in [2.75, 3.05) is 13.1 Å². The Labute approximate surface area is 88.3 Å². The van der Waals surface area contributed by atoms with E-state index in [2.05, 4.69) is 0 Å². The molecule has 1 amide bonds. The van der Waals surface area contributed by atoms with Crippen molar-refractivity contribution in [3.05, 3.63) is 0 Å². The Hall–Kier alpha value is -0.301. The maximum atomic E-state index is 11.5. The van der Waals surface area contributed by atoms with Gasteiger partial charge in [-0.3, -0.25) is 0 Å². The standard InChI is InChI=1S/C4H8N2O3.2C2H5.Sn/c5-1-3(7)6-2-4(8)9;2*1-2;/h1-2,5H2,(H2,6,7,8,9);2*1H2,2H3;/q;;;+2/p-2. The van der Waals surface area contributed by atoms with Crippen LogP contribution in [-0.2, 0) is 12.7 Å². The first-order valence-corrected chi connectivity index (χ1v) is 11.3. The van der Waals surface area contributed by atoms with Crippen LogP contribution in [0.4, 0.5) is 0 Å². The van der Waals surface area contributed by atoms with Gasteiger partial charge in [-0.15, -0.1) is 0 Å². The van der Waals surface area contributed by atoms with Gasteiger partial charge in [0, 0.05) is 0 Å². The van der Waals surface area contributed by atoms with Gasteiger partial charge in [-0.25, -0.2) is 0 Å². The molecule has 5 nitrogen and oxygen atoms in total. The normalized spacial score (nSPS) is 19.6. The van der Waals surface area contributed by atoms with E-state index in [1.807, 2.05) is 13.8 Å². The molecule has 0 spiro atoms. The van der Waals surface area contributed by atoms with Gasteiger partial charge in [-0.1, -0.05) is 0 Å². The van der Waals surface area contributed by atoms with Gasteiger partial charge in [0.25, 0.3) is 0 Å². The first-order valence-electron chi connectivity index (χ1n) is 4.82. The number of amides is 1. The number of hydrogen-bond donors (Lipinski definition) is 1. The number of carbonyl (C=O) groups is 2. The fourth-order valence-corrected chi connectivity index (χ4v) is 10.7. The molecule has 0 aromatic rings. The second kappa shape index (κ2) is 4.48. The molecule has 0 saturated carbocycles. The molecular formula is C8H16N2O3Sn. The molecule has 0 atom stereocenters. The van der Waals surface area contributed by atoms with Gasteiger partial charge in [0.2, 0.25) is 0 Å². The van der Waals surface area contributed by atoms with Crippen LogP contribution in [0.1, 0.15) is 13.8 Å².